The minimum atomic E-state index is -3.37. The summed E-state index contributed by atoms with van der Waals surface area (Å²) >= 11 is 0. The third-order valence-corrected chi connectivity index (χ3v) is 8.65. The molecule has 5 atom stereocenters. The summed E-state index contributed by atoms with van der Waals surface area (Å²) < 4.78 is 61.6. The van der Waals surface area contributed by atoms with Gasteiger partial charge in [0.2, 0.25) is 0 Å². The summed E-state index contributed by atoms with van der Waals surface area (Å²) in [5.74, 6) is -0.313. The van der Waals surface area contributed by atoms with Crippen molar-refractivity contribution in [1.82, 2.24) is 18.8 Å². The highest BCUT2D eigenvalue weighted by Gasteiger charge is 2.47. The Kier molecular flexibility index (Phi) is 6.17. The van der Waals surface area contributed by atoms with E-state index in [9.17, 15) is 17.2 Å². The maximum atomic E-state index is 14.3. The van der Waals surface area contributed by atoms with Gasteiger partial charge in [-0.3, -0.25) is 4.90 Å². The molecule has 0 radical (unpaired) electrons. The van der Waals surface area contributed by atoms with Gasteiger partial charge in [0.15, 0.2) is 0 Å². The Morgan fingerprint density at radius 1 is 1.13 bits per heavy atom. The molecule has 4 rings (SSSR count). The van der Waals surface area contributed by atoms with Crippen molar-refractivity contribution in [2.24, 2.45) is 11.8 Å². The van der Waals surface area contributed by atoms with Crippen LogP contribution < -0.4 is 5.32 Å². The van der Waals surface area contributed by atoms with Crippen LogP contribution in [-0.4, -0.2) is 87.9 Å². The lowest BCUT2D eigenvalue weighted by Gasteiger charge is -2.40. The molecule has 3 aliphatic rings. The van der Waals surface area contributed by atoms with Gasteiger partial charge in [-0.15, -0.1) is 0 Å². The Morgan fingerprint density at radius 2 is 1.80 bits per heavy atom. The molecule has 3 saturated heterocycles. The molecule has 3 heterocycles. The van der Waals surface area contributed by atoms with E-state index in [-0.39, 0.29) is 17.6 Å². The molecule has 0 spiro atoms. The zero-order valence-corrected chi connectivity index (χ0v) is 18.4. The van der Waals surface area contributed by atoms with Gasteiger partial charge < -0.3 is 10.1 Å². The van der Waals surface area contributed by atoms with Crippen LogP contribution in [0.1, 0.15) is 18.1 Å². The molecule has 1 aromatic carbocycles. The first-order chi connectivity index (χ1) is 14.2. The first kappa shape index (κ1) is 22.0. The molecule has 1 aromatic rings. The number of hydrogen-bond acceptors (Lipinski definition) is 5. The number of nitrogens with one attached hydrogen (secondary N) is 1. The van der Waals surface area contributed by atoms with Crippen LogP contribution in [0.15, 0.2) is 18.2 Å². The monoisotopic (exact) mass is 444 g/mol. The Bertz CT molecular complexity index is 871. The summed E-state index contributed by atoms with van der Waals surface area (Å²) in [5, 5.41) is 3.21. The minimum Gasteiger partial charge on any atom is -0.370 e. The van der Waals surface area contributed by atoms with Crippen molar-refractivity contribution in [3.05, 3.63) is 35.4 Å². The molecule has 7 nitrogen and oxygen atoms in total. The van der Waals surface area contributed by atoms with Crippen molar-refractivity contribution >= 4 is 10.2 Å². The van der Waals surface area contributed by atoms with Crippen LogP contribution in [0.2, 0.25) is 0 Å². The summed E-state index contributed by atoms with van der Waals surface area (Å²) in [7, 11) is 1.56. The average molecular weight is 445 g/mol. The first-order valence-electron chi connectivity index (χ1n) is 10.4. The lowest BCUT2D eigenvalue weighted by molar-refractivity contribution is -0.0556. The highest BCUT2D eigenvalue weighted by Crippen LogP contribution is 2.38. The molecular formula is C20H30F2N4O3S. The van der Waals surface area contributed by atoms with E-state index >= 15 is 0 Å². The van der Waals surface area contributed by atoms with E-state index in [1.165, 1.54) is 10.4 Å². The summed E-state index contributed by atoms with van der Waals surface area (Å²) in [5.41, 5.74) is 0.246. The van der Waals surface area contributed by atoms with Crippen molar-refractivity contribution in [1.29, 1.82) is 0 Å². The quantitative estimate of drug-likeness (QED) is 0.736. The van der Waals surface area contributed by atoms with Crippen LogP contribution in [-0.2, 0) is 14.9 Å². The predicted molar refractivity (Wildman–Crippen MR) is 109 cm³/mol. The molecule has 10 heteroatoms. The maximum Gasteiger partial charge on any atom is 0.281 e. The van der Waals surface area contributed by atoms with E-state index in [0.29, 0.717) is 31.5 Å². The second-order valence-corrected chi connectivity index (χ2v) is 10.9. The molecule has 0 saturated carbocycles. The third-order valence-electron chi connectivity index (χ3n) is 6.78. The van der Waals surface area contributed by atoms with Crippen molar-refractivity contribution in [2.45, 2.75) is 24.6 Å². The van der Waals surface area contributed by atoms with Gasteiger partial charge in [0.25, 0.3) is 10.2 Å². The Morgan fingerprint density at radius 3 is 2.40 bits per heavy atom. The summed E-state index contributed by atoms with van der Waals surface area (Å²) in [4.78, 5) is 2.37. The number of likely N-dealkylation sites (tertiary alicyclic amines) is 1. The molecule has 0 aliphatic carbocycles. The molecule has 2 unspecified atom stereocenters. The summed E-state index contributed by atoms with van der Waals surface area (Å²) in [6.07, 6.45) is 0.223. The SMILES string of the molecule is CN[C@H]1C[C@@H](N2CC3CN(S(=O)(=O)N(C)C)CC3C2)CO[C@@H]1c1cc(F)ccc1F. The van der Waals surface area contributed by atoms with Gasteiger partial charge in [-0.1, -0.05) is 0 Å². The van der Waals surface area contributed by atoms with Crippen LogP contribution in [0.5, 0.6) is 0 Å². The van der Waals surface area contributed by atoms with Gasteiger partial charge in [0, 0.05) is 57.9 Å². The van der Waals surface area contributed by atoms with Crippen molar-refractivity contribution in [3.8, 4) is 0 Å². The first-order valence-corrected chi connectivity index (χ1v) is 11.8. The zero-order valence-electron chi connectivity index (χ0n) is 17.6. The number of likely N-dealkylation sites (N-methyl/N-ethyl adjacent to an activating group) is 1. The van der Waals surface area contributed by atoms with Gasteiger partial charge in [0.1, 0.15) is 17.7 Å². The van der Waals surface area contributed by atoms with E-state index in [1.807, 2.05) is 7.05 Å². The van der Waals surface area contributed by atoms with E-state index < -0.39 is 27.9 Å². The second-order valence-electron chi connectivity index (χ2n) is 8.79. The maximum absolute atomic E-state index is 14.3. The van der Waals surface area contributed by atoms with Crippen LogP contribution in [0.3, 0.4) is 0 Å². The average Bonchev–Trinajstić information content (AvgIpc) is 3.29. The number of ether oxygens (including phenoxy) is 1. The smallest absolute Gasteiger partial charge is 0.281 e. The van der Waals surface area contributed by atoms with Crippen LogP contribution in [0.25, 0.3) is 0 Å². The Balaban J connectivity index is 1.40. The number of nitrogens with zero attached hydrogens (tertiary/aromatic N) is 3. The topological polar surface area (TPSA) is 65.1 Å². The molecule has 30 heavy (non-hydrogen) atoms. The molecule has 0 bridgehead atoms. The van der Waals surface area contributed by atoms with E-state index in [1.54, 1.807) is 18.4 Å². The lowest BCUT2D eigenvalue weighted by Crippen LogP contribution is -2.50. The van der Waals surface area contributed by atoms with Crippen LogP contribution in [0, 0.1) is 23.5 Å². The fourth-order valence-electron chi connectivity index (χ4n) is 5.08. The molecule has 1 N–H and O–H groups in total. The van der Waals surface area contributed by atoms with Gasteiger partial charge in [-0.25, -0.2) is 8.78 Å². The Labute approximate surface area is 177 Å². The van der Waals surface area contributed by atoms with Gasteiger partial charge >= 0.3 is 0 Å². The number of benzene rings is 1. The van der Waals surface area contributed by atoms with Crippen molar-refractivity contribution < 1.29 is 21.9 Å². The lowest BCUT2D eigenvalue weighted by atomic mass is 9.92. The predicted octanol–water partition coefficient (Wildman–Crippen LogP) is 1.05. The highest BCUT2D eigenvalue weighted by molar-refractivity contribution is 7.86. The van der Waals surface area contributed by atoms with Crippen LogP contribution in [0.4, 0.5) is 8.78 Å². The highest BCUT2D eigenvalue weighted by atomic mass is 32.2. The van der Waals surface area contributed by atoms with Gasteiger partial charge in [-0.2, -0.15) is 17.0 Å². The fourth-order valence-corrected chi connectivity index (χ4v) is 6.30. The van der Waals surface area contributed by atoms with E-state index in [4.69, 9.17) is 4.74 Å². The molecular weight excluding hydrogens is 414 g/mol. The van der Waals surface area contributed by atoms with E-state index in [2.05, 4.69) is 10.2 Å². The molecule has 3 aliphatic heterocycles. The number of halogens is 2. The fraction of sp³-hybridized carbons (Fsp3) is 0.700. The Hall–Kier alpha value is -1.17. The second kappa shape index (κ2) is 8.40. The zero-order chi connectivity index (χ0) is 21.6. The number of hydrogen-bond donors (Lipinski definition) is 1. The van der Waals surface area contributed by atoms with E-state index in [0.717, 1.165) is 31.6 Å². The normalized spacial score (nSPS) is 33.3. The van der Waals surface area contributed by atoms with Gasteiger partial charge in [0.05, 0.1) is 6.61 Å². The number of fused-ring (bicyclic) bond motifs is 1. The molecule has 0 aromatic heterocycles. The van der Waals surface area contributed by atoms with Crippen molar-refractivity contribution in [3.63, 3.8) is 0 Å². The number of rotatable bonds is 5. The van der Waals surface area contributed by atoms with Crippen LogP contribution >= 0.6 is 0 Å². The standard InChI is InChI=1S/C20H30F2N4O3S/c1-23-19-7-16(12-29-20(19)17-6-15(21)4-5-18(17)22)25-8-13-10-26(11-14(13)9-25)30(27,28)24(2)3/h4-6,13-14,16,19-20,23H,7-12H2,1-3H3/t13?,14?,16-,19+,20-/m1/s1. The molecule has 3 fully saturated rings. The summed E-state index contributed by atoms with van der Waals surface area (Å²) in [6, 6.07) is 3.50. The third kappa shape index (κ3) is 4.01. The van der Waals surface area contributed by atoms with Gasteiger partial charge in [-0.05, 0) is 43.5 Å². The minimum absolute atomic E-state index is 0.133. The van der Waals surface area contributed by atoms with Crippen molar-refractivity contribution in [2.75, 3.05) is 53.9 Å². The summed E-state index contributed by atoms with van der Waals surface area (Å²) in [6.45, 7) is 3.18. The molecule has 0 amide bonds. The largest absolute Gasteiger partial charge is 0.370 e. The molecule has 168 valence electrons.